The Labute approximate surface area is 127 Å². The van der Waals surface area contributed by atoms with Crippen molar-refractivity contribution in [3.63, 3.8) is 0 Å². The predicted molar refractivity (Wildman–Crippen MR) is 89.3 cm³/mol. The maximum atomic E-state index is 2.57. The average Bonchev–Trinajstić information content (AvgIpc) is 2.92. The molecule has 0 aliphatic heterocycles. The van der Waals surface area contributed by atoms with E-state index in [0.29, 0.717) is 3.92 Å². The lowest BCUT2D eigenvalue weighted by Crippen LogP contribution is -1.96. The van der Waals surface area contributed by atoms with Crippen LogP contribution in [0.1, 0.15) is 32.6 Å². The second-order valence-corrected chi connectivity index (χ2v) is 6.28. The highest BCUT2D eigenvalue weighted by molar-refractivity contribution is 14.1. The van der Waals surface area contributed by atoms with Crippen LogP contribution in [-0.4, -0.2) is 0 Å². The zero-order valence-electron chi connectivity index (χ0n) is 10.4. The van der Waals surface area contributed by atoms with E-state index in [-0.39, 0.29) is 0 Å². The molecule has 0 fully saturated rings. The van der Waals surface area contributed by atoms with Crippen LogP contribution in [0.2, 0.25) is 0 Å². The molecule has 0 heterocycles. The van der Waals surface area contributed by atoms with Crippen LogP contribution in [0.3, 0.4) is 0 Å². The number of rotatable bonds is 0. The molecular weight excluding hydrogens is 343 g/mol. The standard InChI is InChI=1S/C18H13I/c19-18-16-8-3-1-6-14(16)12-10-5-11-13(12)15-7-2-4-9-17(15)18/h1-10,18H,11H2. The largest absolute Gasteiger partial charge is 0.0795 e. The van der Waals surface area contributed by atoms with Crippen LogP contribution in [-0.2, 0) is 0 Å². The summed E-state index contributed by atoms with van der Waals surface area (Å²) >= 11 is 2.57. The van der Waals surface area contributed by atoms with Crippen molar-refractivity contribution in [3.05, 3.63) is 82.9 Å². The SMILES string of the molecule is IC1c2ccccc2C2=C(CC=C2)c2ccccc21. The Kier molecular flexibility index (Phi) is 2.62. The molecule has 2 aliphatic rings. The molecule has 2 aromatic carbocycles. The van der Waals surface area contributed by atoms with Crippen molar-refractivity contribution in [2.45, 2.75) is 10.3 Å². The molecule has 19 heavy (non-hydrogen) atoms. The molecular formula is C18H13I. The monoisotopic (exact) mass is 356 g/mol. The lowest BCUT2D eigenvalue weighted by atomic mass is 9.96. The van der Waals surface area contributed by atoms with Gasteiger partial charge in [0.2, 0.25) is 0 Å². The molecule has 0 amide bonds. The number of alkyl halides is 1. The highest BCUT2D eigenvalue weighted by Crippen LogP contribution is 2.47. The molecule has 1 atom stereocenters. The maximum absolute atomic E-state index is 2.57. The van der Waals surface area contributed by atoms with Crippen molar-refractivity contribution >= 4 is 33.7 Å². The summed E-state index contributed by atoms with van der Waals surface area (Å²) in [6.45, 7) is 0. The highest BCUT2D eigenvalue weighted by Gasteiger charge is 2.26. The van der Waals surface area contributed by atoms with E-state index in [1.165, 1.54) is 33.4 Å². The zero-order chi connectivity index (χ0) is 12.8. The van der Waals surface area contributed by atoms with Gasteiger partial charge < -0.3 is 0 Å². The van der Waals surface area contributed by atoms with Crippen LogP contribution in [0.5, 0.6) is 0 Å². The second kappa shape index (κ2) is 4.34. The first-order valence-corrected chi connectivity index (χ1v) is 7.83. The summed E-state index contributed by atoms with van der Waals surface area (Å²) in [5.74, 6) is 0. The molecule has 0 nitrogen and oxygen atoms in total. The smallest absolute Gasteiger partial charge is 0.0620 e. The van der Waals surface area contributed by atoms with Crippen molar-refractivity contribution in [1.82, 2.24) is 0 Å². The Morgan fingerprint density at radius 3 is 2.26 bits per heavy atom. The summed E-state index contributed by atoms with van der Waals surface area (Å²) < 4.78 is 0.434. The van der Waals surface area contributed by atoms with E-state index in [1.54, 1.807) is 0 Å². The van der Waals surface area contributed by atoms with Gasteiger partial charge in [-0.05, 0) is 39.8 Å². The minimum absolute atomic E-state index is 0.434. The Balaban J connectivity index is 2.11. The minimum Gasteiger partial charge on any atom is -0.0795 e. The van der Waals surface area contributed by atoms with Gasteiger partial charge >= 0.3 is 0 Å². The van der Waals surface area contributed by atoms with E-state index >= 15 is 0 Å². The van der Waals surface area contributed by atoms with E-state index < -0.39 is 0 Å². The second-order valence-electron chi connectivity index (χ2n) is 5.04. The summed E-state index contributed by atoms with van der Waals surface area (Å²) in [4.78, 5) is 0. The maximum Gasteiger partial charge on any atom is 0.0620 e. The molecule has 2 aromatic rings. The van der Waals surface area contributed by atoms with Crippen LogP contribution in [0.4, 0.5) is 0 Å². The van der Waals surface area contributed by atoms with Crippen molar-refractivity contribution in [2.24, 2.45) is 0 Å². The van der Waals surface area contributed by atoms with Gasteiger partial charge in [-0.1, -0.05) is 83.3 Å². The summed E-state index contributed by atoms with van der Waals surface area (Å²) in [6.07, 6.45) is 5.63. The molecule has 1 unspecified atom stereocenters. The topological polar surface area (TPSA) is 0 Å². The molecule has 0 radical (unpaired) electrons. The van der Waals surface area contributed by atoms with Crippen molar-refractivity contribution in [1.29, 1.82) is 0 Å². The van der Waals surface area contributed by atoms with Gasteiger partial charge in [0.15, 0.2) is 0 Å². The van der Waals surface area contributed by atoms with Crippen LogP contribution in [0.25, 0.3) is 11.1 Å². The first-order valence-electron chi connectivity index (χ1n) is 6.58. The van der Waals surface area contributed by atoms with Gasteiger partial charge in [-0.3, -0.25) is 0 Å². The fourth-order valence-electron chi connectivity index (χ4n) is 3.14. The molecule has 0 bridgehead atoms. The van der Waals surface area contributed by atoms with Gasteiger partial charge in [0.05, 0.1) is 3.92 Å². The van der Waals surface area contributed by atoms with Gasteiger partial charge in [-0.2, -0.15) is 0 Å². The summed E-state index contributed by atoms with van der Waals surface area (Å²) in [5, 5.41) is 0. The number of benzene rings is 2. The summed E-state index contributed by atoms with van der Waals surface area (Å²) in [7, 11) is 0. The summed E-state index contributed by atoms with van der Waals surface area (Å²) in [6, 6.07) is 17.7. The predicted octanol–water partition coefficient (Wildman–Crippen LogP) is 5.40. The van der Waals surface area contributed by atoms with Crippen molar-refractivity contribution < 1.29 is 0 Å². The van der Waals surface area contributed by atoms with Crippen LogP contribution in [0, 0.1) is 0 Å². The first-order chi connectivity index (χ1) is 9.36. The third-order valence-corrected chi connectivity index (χ3v) is 5.36. The Bertz CT molecular complexity index is 722. The Morgan fingerprint density at radius 2 is 1.47 bits per heavy atom. The molecule has 2 aliphatic carbocycles. The van der Waals surface area contributed by atoms with Crippen molar-refractivity contribution in [2.75, 3.05) is 0 Å². The Hall–Kier alpha value is -1.35. The molecule has 0 N–H and O–H groups in total. The third kappa shape index (κ3) is 1.64. The average molecular weight is 356 g/mol. The zero-order valence-corrected chi connectivity index (χ0v) is 12.6. The van der Waals surface area contributed by atoms with Gasteiger partial charge in [0.25, 0.3) is 0 Å². The molecule has 0 aromatic heterocycles. The Morgan fingerprint density at radius 1 is 0.842 bits per heavy atom. The van der Waals surface area contributed by atoms with Gasteiger partial charge in [0, 0.05) is 0 Å². The number of hydrogen-bond acceptors (Lipinski definition) is 0. The third-order valence-electron chi connectivity index (χ3n) is 4.01. The number of allylic oxidation sites excluding steroid dienone is 4. The summed E-state index contributed by atoms with van der Waals surface area (Å²) in [5.41, 5.74) is 8.63. The fraction of sp³-hybridized carbons (Fsp3) is 0.111. The van der Waals surface area contributed by atoms with E-state index in [1.807, 2.05) is 0 Å². The van der Waals surface area contributed by atoms with Crippen LogP contribution < -0.4 is 0 Å². The number of hydrogen-bond donors (Lipinski definition) is 0. The molecule has 0 saturated heterocycles. The molecule has 1 heteroatoms. The fourth-order valence-corrected chi connectivity index (χ4v) is 4.22. The molecule has 0 saturated carbocycles. The van der Waals surface area contributed by atoms with Gasteiger partial charge in [-0.25, -0.2) is 0 Å². The van der Waals surface area contributed by atoms with E-state index in [9.17, 15) is 0 Å². The van der Waals surface area contributed by atoms with Crippen molar-refractivity contribution in [3.8, 4) is 0 Å². The number of halogens is 1. The van der Waals surface area contributed by atoms with Crippen LogP contribution in [0.15, 0.2) is 60.7 Å². The van der Waals surface area contributed by atoms with Crippen LogP contribution >= 0.6 is 22.6 Å². The van der Waals surface area contributed by atoms with E-state index in [2.05, 4.69) is 83.3 Å². The molecule has 92 valence electrons. The lowest BCUT2D eigenvalue weighted by molar-refractivity contribution is 1.18. The molecule has 4 rings (SSSR count). The normalized spacial score (nSPS) is 19.7. The highest BCUT2D eigenvalue weighted by atomic mass is 127. The van der Waals surface area contributed by atoms with Gasteiger partial charge in [-0.15, -0.1) is 0 Å². The van der Waals surface area contributed by atoms with E-state index in [0.717, 1.165) is 6.42 Å². The quantitative estimate of drug-likeness (QED) is 0.438. The first kappa shape index (κ1) is 11.5. The lowest BCUT2D eigenvalue weighted by Gasteiger charge is -2.14. The molecule has 0 spiro atoms. The van der Waals surface area contributed by atoms with E-state index in [4.69, 9.17) is 0 Å². The number of fused-ring (bicyclic) bond motifs is 4. The minimum atomic E-state index is 0.434. The van der Waals surface area contributed by atoms with Gasteiger partial charge in [0.1, 0.15) is 0 Å².